The van der Waals surface area contributed by atoms with E-state index in [4.69, 9.17) is 4.74 Å². The van der Waals surface area contributed by atoms with E-state index in [1.807, 2.05) is 0 Å². The molecule has 0 aromatic heterocycles. The topological polar surface area (TPSA) is 24.5 Å². The molecule has 1 atom stereocenters. The number of ether oxygens (including phenoxy) is 1. The van der Waals surface area contributed by atoms with Crippen LogP contribution in [-0.2, 0) is 4.74 Å². The summed E-state index contributed by atoms with van der Waals surface area (Å²) in [5, 5.41) is 3.31. The zero-order valence-corrected chi connectivity index (χ0v) is 10.2. The highest BCUT2D eigenvalue weighted by atomic mass is 16.5. The first-order valence-electron chi connectivity index (χ1n) is 5.67. The molecule has 0 amide bonds. The van der Waals surface area contributed by atoms with Gasteiger partial charge in [-0.1, -0.05) is 13.8 Å². The molecule has 1 unspecified atom stereocenters. The van der Waals surface area contributed by atoms with Gasteiger partial charge in [-0.05, 0) is 40.0 Å². The lowest BCUT2D eigenvalue weighted by Crippen LogP contribution is -2.29. The maximum atomic E-state index is 5.75. The lowest BCUT2D eigenvalue weighted by atomic mass is 10.2. The van der Waals surface area contributed by atoms with Crippen LogP contribution in [0.5, 0.6) is 0 Å². The highest BCUT2D eigenvalue weighted by molar-refractivity contribution is 4.58. The smallest absolute Gasteiger partial charge is 0.0696 e. The van der Waals surface area contributed by atoms with Crippen molar-refractivity contribution in [2.75, 3.05) is 40.3 Å². The van der Waals surface area contributed by atoms with Gasteiger partial charge in [-0.3, -0.25) is 0 Å². The second-order valence-electron chi connectivity index (χ2n) is 3.87. The number of likely N-dealkylation sites (N-methyl/N-ethyl adjacent to an activating group) is 1. The summed E-state index contributed by atoms with van der Waals surface area (Å²) in [6.07, 6.45) is 2.60. The van der Waals surface area contributed by atoms with Crippen LogP contribution in [-0.4, -0.2) is 51.3 Å². The van der Waals surface area contributed by atoms with Gasteiger partial charge in [0.2, 0.25) is 0 Å². The van der Waals surface area contributed by atoms with Crippen molar-refractivity contribution in [1.29, 1.82) is 0 Å². The SMILES string of the molecule is CCNCC(CC)OCCCN(C)C. The van der Waals surface area contributed by atoms with Crippen molar-refractivity contribution in [2.45, 2.75) is 32.8 Å². The Balaban J connectivity index is 3.33. The van der Waals surface area contributed by atoms with Crippen LogP contribution in [0.2, 0.25) is 0 Å². The van der Waals surface area contributed by atoms with Crippen molar-refractivity contribution in [3.63, 3.8) is 0 Å². The van der Waals surface area contributed by atoms with Crippen molar-refractivity contribution in [3.8, 4) is 0 Å². The number of nitrogens with zero attached hydrogens (tertiary/aromatic N) is 1. The summed E-state index contributed by atoms with van der Waals surface area (Å²) in [6, 6.07) is 0. The van der Waals surface area contributed by atoms with Crippen molar-refractivity contribution in [1.82, 2.24) is 10.2 Å². The molecule has 0 aromatic rings. The number of nitrogens with one attached hydrogen (secondary N) is 1. The molecule has 0 aromatic carbocycles. The van der Waals surface area contributed by atoms with Crippen molar-refractivity contribution in [2.24, 2.45) is 0 Å². The number of rotatable bonds is 9. The second-order valence-corrected chi connectivity index (χ2v) is 3.87. The van der Waals surface area contributed by atoms with Gasteiger partial charge in [0.15, 0.2) is 0 Å². The van der Waals surface area contributed by atoms with Gasteiger partial charge in [0, 0.05) is 13.2 Å². The molecule has 3 nitrogen and oxygen atoms in total. The molecule has 1 N–H and O–H groups in total. The van der Waals surface area contributed by atoms with Crippen LogP contribution >= 0.6 is 0 Å². The van der Waals surface area contributed by atoms with Gasteiger partial charge in [-0.15, -0.1) is 0 Å². The third-order valence-corrected chi connectivity index (χ3v) is 2.18. The lowest BCUT2D eigenvalue weighted by Gasteiger charge is -2.17. The molecule has 0 spiro atoms. The number of hydrogen-bond acceptors (Lipinski definition) is 3. The van der Waals surface area contributed by atoms with E-state index in [1.54, 1.807) is 0 Å². The third kappa shape index (κ3) is 8.48. The standard InChI is InChI=1S/C11H26N2O/c1-5-11(10-12-6-2)14-9-7-8-13(3)4/h11-12H,5-10H2,1-4H3. The molecule has 0 rings (SSSR count). The fraction of sp³-hybridized carbons (Fsp3) is 1.00. The molecule has 0 aliphatic carbocycles. The maximum absolute atomic E-state index is 5.75. The van der Waals surface area contributed by atoms with E-state index in [-0.39, 0.29) is 0 Å². The number of hydrogen-bond donors (Lipinski definition) is 1. The fourth-order valence-electron chi connectivity index (χ4n) is 1.26. The molecule has 0 saturated carbocycles. The molecule has 14 heavy (non-hydrogen) atoms. The molecular weight excluding hydrogens is 176 g/mol. The lowest BCUT2D eigenvalue weighted by molar-refractivity contribution is 0.0468. The first-order chi connectivity index (χ1) is 6.70. The maximum Gasteiger partial charge on any atom is 0.0696 e. The average Bonchev–Trinajstić information content (AvgIpc) is 2.16. The zero-order chi connectivity index (χ0) is 10.8. The van der Waals surface area contributed by atoms with Crippen molar-refractivity contribution in [3.05, 3.63) is 0 Å². The summed E-state index contributed by atoms with van der Waals surface area (Å²) in [7, 11) is 4.19. The Morgan fingerprint density at radius 2 is 2.00 bits per heavy atom. The predicted octanol–water partition coefficient (Wildman–Crippen LogP) is 1.34. The minimum Gasteiger partial charge on any atom is -0.377 e. The van der Waals surface area contributed by atoms with E-state index in [0.29, 0.717) is 6.10 Å². The van der Waals surface area contributed by atoms with Gasteiger partial charge < -0.3 is 15.0 Å². The molecule has 0 saturated heterocycles. The van der Waals surface area contributed by atoms with Gasteiger partial charge in [0.25, 0.3) is 0 Å². The van der Waals surface area contributed by atoms with Gasteiger partial charge in [0.1, 0.15) is 0 Å². The summed E-state index contributed by atoms with van der Waals surface area (Å²) in [5.41, 5.74) is 0. The van der Waals surface area contributed by atoms with E-state index < -0.39 is 0 Å². The Morgan fingerprint density at radius 3 is 2.50 bits per heavy atom. The molecule has 0 fully saturated rings. The van der Waals surface area contributed by atoms with Gasteiger partial charge in [0.05, 0.1) is 6.10 Å². The van der Waals surface area contributed by atoms with E-state index in [9.17, 15) is 0 Å². The minimum atomic E-state index is 0.386. The van der Waals surface area contributed by atoms with E-state index >= 15 is 0 Å². The highest BCUT2D eigenvalue weighted by Gasteiger charge is 2.04. The molecular formula is C11H26N2O. The highest BCUT2D eigenvalue weighted by Crippen LogP contribution is 1.97. The predicted molar refractivity (Wildman–Crippen MR) is 61.7 cm³/mol. The molecule has 0 aliphatic rings. The first kappa shape index (κ1) is 13.9. The van der Waals surface area contributed by atoms with Crippen LogP contribution in [0.3, 0.4) is 0 Å². The first-order valence-corrected chi connectivity index (χ1v) is 5.67. The Bertz CT molecular complexity index is 118. The Labute approximate surface area is 88.8 Å². The van der Waals surface area contributed by atoms with Gasteiger partial charge >= 0.3 is 0 Å². The zero-order valence-electron chi connectivity index (χ0n) is 10.2. The largest absolute Gasteiger partial charge is 0.377 e. The average molecular weight is 202 g/mol. The van der Waals surface area contributed by atoms with Crippen LogP contribution in [0.4, 0.5) is 0 Å². The monoisotopic (exact) mass is 202 g/mol. The normalized spacial score (nSPS) is 13.5. The second kappa shape index (κ2) is 9.44. The van der Waals surface area contributed by atoms with E-state index in [1.165, 1.54) is 0 Å². The van der Waals surface area contributed by atoms with E-state index in [2.05, 4.69) is 38.2 Å². The Morgan fingerprint density at radius 1 is 1.29 bits per heavy atom. The van der Waals surface area contributed by atoms with E-state index in [0.717, 1.165) is 39.1 Å². The van der Waals surface area contributed by atoms with Crippen LogP contribution in [0.25, 0.3) is 0 Å². The summed E-state index contributed by atoms with van der Waals surface area (Å²) in [4.78, 5) is 2.19. The van der Waals surface area contributed by atoms with Crippen molar-refractivity contribution < 1.29 is 4.74 Å². The molecule has 0 bridgehead atoms. The van der Waals surface area contributed by atoms with Crippen LogP contribution in [0.1, 0.15) is 26.7 Å². The summed E-state index contributed by atoms with van der Waals surface area (Å²) >= 11 is 0. The van der Waals surface area contributed by atoms with Crippen LogP contribution in [0.15, 0.2) is 0 Å². The molecule has 0 radical (unpaired) electrons. The summed E-state index contributed by atoms with van der Waals surface area (Å²) in [6.45, 7) is 8.29. The van der Waals surface area contributed by atoms with Crippen LogP contribution < -0.4 is 5.32 Å². The molecule has 0 heterocycles. The molecule has 86 valence electrons. The molecule has 3 heteroatoms. The van der Waals surface area contributed by atoms with Gasteiger partial charge in [-0.25, -0.2) is 0 Å². The minimum absolute atomic E-state index is 0.386. The summed E-state index contributed by atoms with van der Waals surface area (Å²) < 4.78 is 5.75. The summed E-state index contributed by atoms with van der Waals surface area (Å²) in [5.74, 6) is 0. The quantitative estimate of drug-likeness (QED) is 0.571. The third-order valence-electron chi connectivity index (χ3n) is 2.18. The Hall–Kier alpha value is -0.120. The van der Waals surface area contributed by atoms with Gasteiger partial charge in [-0.2, -0.15) is 0 Å². The van der Waals surface area contributed by atoms with Crippen LogP contribution in [0, 0.1) is 0 Å². The Kier molecular flexibility index (Phi) is 9.35. The molecule has 0 aliphatic heterocycles. The van der Waals surface area contributed by atoms with Crippen molar-refractivity contribution >= 4 is 0 Å². The fourth-order valence-corrected chi connectivity index (χ4v) is 1.26.